The zero-order valence-corrected chi connectivity index (χ0v) is 19.7. The Hall–Kier alpha value is -1.44. The Bertz CT molecular complexity index is 711. The number of benzene rings is 1. The number of unbranched alkanes of at least 4 members (excludes halogenated alkanes) is 4. The maximum atomic E-state index is 13.1. The molecule has 1 aromatic carbocycles. The van der Waals surface area contributed by atoms with E-state index in [2.05, 4.69) is 6.92 Å². The number of carboxylic acid groups (broad SMARTS) is 1. The second kappa shape index (κ2) is 14.0. The molecular weight excluding hydrogens is 431 g/mol. The molecule has 0 amide bonds. The molecule has 1 aliphatic carbocycles. The van der Waals surface area contributed by atoms with Crippen LogP contribution in [0.15, 0.2) is 24.3 Å². The SMILES string of the molecule is CCCCCC(O)CS[C@H]1C(O)CC(=O)[C@@H]1CCCCCC(C(=O)O)c1ccc(F)cc1. The monoisotopic (exact) mass is 468 g/mol. The second-order valence-electron chi connectivity index (χ2n) is 8.87. The average molecular weight is 469 g/mol. The lowest BCUT2D eigenvalue weighted by Crippen LogP contribution is -2.26. The van der Waals surface area contributed by atoms with Crippen LogP contribution in [0.5, 0.6) is 0 Å². The van der Waals surface area contributed by atoms with Crippen molar-refractivity contribution in [3.05, 3.63) is 35.6 Å². The molecule has 3 unspecified atom stereocenters. The maximum Gasteiger partial charge on any atom is 0.310 e. The zero-order valence-electron chi connectivity index (χ0n) is 18.9. The molecule has 5 atom stereocenters. The largest absolute Gasteiger partial charge is 0.481 e. The van der Waals surface area contributed by atoms with Gasteiger partial charge >= 0.3 is 5.97 Å². The van der Waals surface area contributed by atoms with Crippen molar-refractivity contribution in [2.24, 2.45) is 5.92 Å². The minimum atomic E-state index is -0.917. The van der Waals surface area contributed by atoms with Gasteiger partial charge in [-0.2, -0.15) is 11.8 Å². The maximum absolute atomic E-state index is 13.1. The summed E-state index contributed by atoms with van der Waals surface area (Å²) in [4.78, 5) is 24.0. The smallest absolute Gasteiger partial charge is 0.310 e. The van der Waals surface area contributed by atoms with Crippen LogP contribution in [0.2, 0.25) is 0 Å². The number of halogens is 1. The molecule has 1 aromatic rings. The van der Waals surface area contributed by atoms with E-state index in [9.17, 15) is 29.3 Å². The van der Waals surface area contributed by atoms with E-state index in [1.165, 1.54) is 36.0 Å². The quantitative estimate of drug-likeness (QED) is 0.316. The van der Waals surface area contributed by atoms with Crippen LogP contribution in [-0.2, 0) is 9.59 Å². The summed E-state index contributed by atoms with van der Waals surface area (Å²) in [6, 6.07) is 5.60. The van der Waals surface area contributed by atoms with Crippen LogP contribution in [0, 0.1) is 11.7 Å². The highest BCUT2D eigenvalue weighted by Gasteiger charge is 2.41. The van der Waals surface area contributed by atoms with Gasteiger partial charge < -0.3 is 15.3 Å². The summed E-state index contributed by atoms with van der Waals surface area (Å²) in [5.41, 5.74) is 0.599. The molecule has 0 bridgehead atoms. The molecule has 2 rings (SSSR count). The Kier molecular flexibility index (Phi) is 11.7. The lowest BCUT2D eigenvalue weighted by molar-refractivity contribution is -0.139. The Morgan fingerprint density at radius 3 is 2.47 bits per heavy atom. The summed E-state index contributed by atoms with van der Waals surface area (Å²) in [5, 5.41) is 29.8. The summed E-state index contributed by atoms with van der Waals surface area (Å²) in [6.07, 6.45) is 6.48. The molecule has 0 aliphatic heterocycles. The molecule has 32 heavy (non-hydrogen) atoms. The van der Waals surface area contributed by atoms with Crippen LogP contribution in [0.3, 0.4) is 0 Å². The Balaban J connectivity index is 1.76. The van der Waals surface area contributed by atoms with Crippen LogP contribution in [0.4, 0.5) is 4.39 Å². The Labute approximate surface area is 194 Å². The summed E-state index contributed by atoms with van der Waals surface area (Å²) >= 11 is 1.51. The predicted molar refractivity (Wildman–Crippen MR) is 125 cm³/mol. The molecule has 0 radical (unpaired) electrons. The van der Waals surface area contributed by atoms with Crippen molar-refractivity contribution in [2.45, 2.75) is 94.5 Å². The van der Waals surface area contributed by atoms with Gasteiger partial charge in [-0.1, -0.05) is 57.6 Å². The second-order valence-corrected chi connectivity index (χ2v) is 10.1. The van der Waals surface area contributed by atoms with Gasteiger partial charge in [0.1, 0.15) is 11.6 Å². The molecule has 0 spiro atoms. The van der Waals surface area contributed by atoms with E-state index in [0.717, 1.165) is 38.5 Å². The molecule has 1 saturated carbocycles. The van der Waals surface area contributed by atoms with Gasteiger partial charge in [0.2, 0.25) is 0 Å². The van der Waals surface area contributed by atoms with E-state index in [1.54, 1.807) is 0 Å². The Morgan fingerprint density at radius 1 is 1.12 bits per heavy atom. The first-order chi connectivity index (χ1) is 15.3. The summed E-state index contributed by atoms with van der Waals surface area (Å²) in [5.74, 6) is -1.55. The van der Waals surface area contributed by atoms with Crippen molar-refractivity contribution in [3.8, 4) is 0 Å². The number of rotatable bonds is 15. The number of aliphatic carboxylic acids is 1. The first-order valence-corrected chi connectivity index (χ1v) is 12.9. The highest BCUT2D eigenvalue weighted by Crippen LogP contribution is 2.37. The topological polar surface area (TPSA) is 94.8 Å². The minimum Gasteiger partial charge on any atom is -0.481 e. The van der Waals surface area contributed by atoms with Crippen LogP contribution >= 0.6 is 11.8 Å². The van der Waals surface area contributed by atoms with Crippen molar-refractivity contribution >= 4 is 23.5 Å². The zero-order chi connectivity index (χ0) is 23.5. The first kappa shape index (κ1) is 26.8. The molecule has 5 nitrogen and oxygen atoms in total. The highest BCUT2D eigenvalue weighted by atomic mass is 32.2. The van der Waals surface area contributed by atoms with E-state index < -0.39 is 24.1 Å². The number of ketones is 1. The molecule has 1 aliphatic rings. The van der Waals surface area contributed by atoms with Gasteiger partial charge in [-0.25, -0.2) is 4.39 Å². The van der Waals surface area contributed by atoms with Gasteiger partial charge in [0.15, 0.2) is 0 Å². The van der Waals surface area contributed by atoms with Crippen LogP contribution in [-0.4, -0.2) is 50.3 Å². The fourth-order valence-corrected chi connectivity index (χ4v) is 5.88. The van der Waals surface area contributed by atoms with Crippen molar-refractivity contribution < 1.29 is 29.3 Å². The normalized spacial score (nSPS) is 22.8. The summed E-state index contributed by atoms with van der Waals surface area (Å²) in [6.45, 7) is 2.12. The fraction of sp³-hybridized carbons (Fsp3) is 0.680. The van der Waals surface area contributed by atoms with Crippen molar-refractivity contribution in [1.29, 1.82) is 0 Å². The molecule has 0 heterocycles. The van der Waals surface area contributed by atoms with Gasteiger partial charge in [-0.05, 0) is 37.0 Å². The number of thioether (sulfide) groups is 1. The van der Waals surface area contributed by atoms with Crippen LogP contribution in [0.25, 0.3) is 0 Å². The van der Waals surface area contributed by atoms with Crippen molar-refractivity contribution in [2.75, 3.05) is 5.75 Å². The third-order valence-electron chi connectivity index (χ3n) is 6.30. The van der Waals surface area contributed by atoms with Gasteiger partial charge in [0, 0.05) is 23.3 Å². The van der Waals surface area contributed by atoms with Crippen LogP contribution in [0.1, 0.15) is 82.6 Å². The summed E-state index contributed by atoms with van der Waals surface area (Å²) < 4.78 is 13.1. The predicted octanol–water partition coefficient (Wildman–Crippen LogP) is 4.94. The molecular formula is C25H37FO5S. The highest BCUT2D eigenvalue weighted by molar-refractivity contribution is 8.00. The van der Waals surface area contributed by atoms with Gasteiger partial charge in [0.25, 0.3) is 0 Å². The molecule has 180 valence electrons. The standard InChI is InChI=1S/C25H37FO5S/c1-2-3-5-8-19(27)16-32-24-21(22(28)15-23(24)29)10-7-4-6-9-20(25(30)31)17-11-13-18(26)14-12-17/h11-14,19-21,23-24,27,29H,2-10,15-16H2,1H3,(H,30,31)/t19?,20?,21-,23?,24+/m0/s1. The number of carbonyl (C=O) groups excluding carboxylic acids is 1. The number of Topliss-reactive ketones (excluding diaryl/α,β-unsaturated/α-hetero) is 1. The number of hydrogen-bond acceptors (Lipinski definition) is 5. The Morgan fingerprint density at radius 2 is 1.81 bits per heavy atom. The third-order valence-corrected chi connectivity index (χ3v) is 7.90. The molecule has 3 N–H and O–H groups in total. The lowest BCUT2D eigenvalue weighted by Gasteiger charge is -2.22. The van der Waals surface area contributed by atoms with Crippen molar-refractivity contribution in [3.63, 3.8) is 0 Å². The van der Waals surface area contributed by atoms with E-state index in [0.29, 0.717) is 30.6 Å². The lowest BCUT2D eigenvalue weighted by atomic mass is 9.92. The molecule has 0 saturated heterocycles. The fourth-order valence-electron chi connectivity index (χ4n) is 4.43. The van der Waals surface area contributed by atoms with E-state index >= 15 is 0 Å². The number of carbonyl (C=O) groups is 2. The molecule has 0 aromatic heterocycles. The minimum absolute atomic E-state index is 0.0881. The average Bonchev–Trinajstić information content (AvgIpc) is 3.02. The number of aliphatic hydroxyl groups is 2. The van der Waals surface area contributed by atoms with Crippen molar-refractivity contribution in [1.82, 2.24) is 0 Å². The van der Waals surface area contributed by atoms with Gasteiger partial charge in [0.05, 0.1) is 18.1 Å². The van der Waals surface area contributed by atoms with Crippen LogP contribution < -0.4 is 0 Å². The molecule has 1 fully saturated rings. The summed E-state index contributed by atoms with van der Waals surface area (Å²) in [7, 11) is 0. The number of aliphatic hydroxyl groups excluding tert-OH is 2. The van der Waals surface area contributed by atoms with Gasteiger partial charge in [-0.3, -0.25) is 9.59 Å². The van der Waals surface area contributed by atoms with E-state index in [4.69, 9.17) is 0 Å². The van der Waals surface area contributed by atoms with E-state index in [-0.39, 0.29) is 29.2 Å². The first-order valence-electron chi connectivity index (χ1n) is 11.8. The third kappa shape index (κ3) is 8.49. The number of carboxylic acids is 1. The molecule has 7 heteroatoms. The van der Waals surface area contributed by atoms with E-state index in [1.807, 2.05) is 0 Å². The van der Waals surface area contributed by atoms with Gasteiger partial charge in [-0.15, -0.1) is 0 Å². The number of hydrogen-bond donors (Lipinski definition) is 3.